The summed E-state index contributed by atoms with van der Waals surface area (Å²) in [5.41, 5.74) is 2.67. The molecule has 1 heterocycles. The van der Waals surface area contributed by atoms with E-state index in [0.717, 1.165) is 17.9 Å². The van der Waals surface area contributed by atoms with Crippen molar-refractivity contribution in [1.82, 2.24) is 20.3 Å². The Hall–Kier alpha value is -1.68. The topological polar surface area (TPSA) is 42.7 Å². The zero-order chi connectivity index (χ0) is 14.4. The van der Waals surface area contributed by atoms with Gasteiger partial charge in [-0.1, -0.05) is 45.9 Å². The largest absolute Gasteiger partial charge is 0.307 e. The van der Waals surface area contributed by atoms with Crippen LogP contribution < -0.4 is 5.32 Å². The van der Waals surface area contributed by atoms with E-state index in [1.165, 1.54) is 0 Å². The Kier molecular flexibility index (Phi) is 2.94. The number of hydrogen-bond donors (Lipinski definition) is 1. The number of nitrogens with one attached hydrogen (secondary N) is 1. The second-order valence-electron chi connectivity index (χ2n) is 6.72. The van der Waals surface area contributed by atoms with Crippen LogP contribution in [0, 0.1) is 10.8 Å². The van der Waals surface area contributed by atoms with Crippen LogP contribution in [0.25, 0.3) is 5.69 Å². The summed E-state index contributed by atoms with van der Waals surface area (Å²) in [5.74, 6) is 0. The molecular weight excluding hydrogens is 248 g/mol. The van der Waals surface area contributed by atoms with Crippen LogP contribution in [0.15, 0.2) is 36.5 Å². The molecule has 0 radical (unpaired) electrons. The van der Waals surface area contributed by atoms with Crippen LogP contribution >= 0.6 is 0 Å². The van der Waals surface area contributed by atoms with Crippen molar-refractivity contribution in [2.24, 2.45) is 10.8 Å². The first-order valence-corrected chi connectivity index (χ1v) is 7.13. The highest BCUT2D eigenvalue weighted by molar-refractivity contribution is 5.28. The Morgan fingerprint density at radius 1 is 1.10 bits per heavy atom. The van der Waals surface area contributed by atoms with Crippen LogP contribution in [0.2, 0.25) is 0 Å². The molecule has 4 nitrogen and oxygen atoms in total. The van der Waals surface area contributed by atoms with E-state index in [-0.39, 0.29) is 0 Å². The highest BCUT2D eigenvalue weighted by Gasteiger charge is 2.64. The summed E-state index contributed by atoms with van der Waals surface area (Å²) >= 11 is 0. The van der Waals surface area contributed by atoms with Crippen LogP contribution in [-0.2, 0) is 6.54 Å². The van der Waals surface area contributed by atoms with Gasteiger partial charge in [-0.3, -0.25) is 0 Å². The second-order valence-corrected chi connectivity index (χ2v) is 6.72. The minimum absolute atomic E-state index is 0.350. The molecule has 1 aromatic carbocycles. The highest BCUT2D eigenvalue weighted by Crippen LogP contribution is 2.62. The Morgan fingerprint density at radius 3 is 2.35 bits per heavy atom. The molecule has 0 spiro atoms. The quantitative estimate of drug-likeness (QED) is 0.929. The zero-order valence-electron chi connectivity index (χ0n) is 12.6. The van der Waals surface area contributed by atoms with Gasteiger partial charge in [0, 0.05) is 12.6 Å². The van der Waals surface area contributed by atoms with E-state index in [1.54, 1.807) is 4.80 Å². The third kappa shape index (κ3) is 2.04. The first-order chi connectivity index (χ1) is 9.43. The maximum Gasteiger partial charge on any atom is 0.0969 e. The molecule has 4 heteroatoms. The SMILES string of the molecule is CC1(C)C(NCc2cnn(-c3ccccc3)n2)C1(C)C. The molecule has 106 valence electrons. The van der Waals surface area contributed by atoms with Gasteiger partial charge in [0.15, 0.2) is 0 Å². The third-order valence-electron chi connectivity index (χ3n) is 5.03. The lowest BCUT2D eigenvalue weighted by Crippen LogP contribution is -2.22. The van der Waals surface area contributed by atoms with Gasteiger partial charge in [-0.05, 0) is 23.0 Å². The molecule has 3 rings (SSSR count). The molecule has 0 aliphatic heterocycles. The van der Waals surface area contributed by atoms with E-state index in [2.05, 4.69) is 43.2 Å². The lowest BCUT2D eigenvalue weighted by atomic mass is 10.0. The number of nitrogens with zero attached hydrogens (tertiary/aromatic N) is 3. The molecule has 0 saturated heterocycles. The van der Waals surface area contributed by atoms with Crippen molar-refractivity contribution in [3.8, 4) is 5.69 Å². The molecule has 1 aliphatic carbocycles. The van der Waals surface area contributed by atoms with Gasteiger partial charge in [-0.2, -0.15) is 15.0 Å². The van der Waals surface area contributed by atoms with Gasteiger partial charge in [-0.15, -0.1) is 0 Å². The summed E-state index contributed by atoms with van der Waals surface area (Å²) in [4.78, 5) is 1.68. The Morgan fingerprint density at radius 2 is 1.75 bits per heavy atom. The van der Waals surface area contributed by atoms with Crippen LogP contribution in [-0.4, -0.2) is 21.0 Å². The lowest BCUT2D eigenvalue weighted by Gasteiger charge is -2.03. The van der Waals surface area contributed by atoms with E-state index in [0.29, 0.717) is 16.9 Å². The molecule has 2 aromatic rings. The lowest BCUT2D eigenvalue weighted by molar-refractivity contribution is 0.457. The summed E-state index contributed by atoms with van der Waals surface area (Å²) in [6.07, 6.45) is 1.84. The molecule has 1 saturated carbocycles. The summed E-state index contributed by atoms with van der Waals surface area (Å²) in [5, 5.41) is 12.4. The van der Waals surface area contributed by atoms with E-state index in [1.807, 2.05) is 36.5 Å². The average molecular weight is 270 g/mol. The fraction of sp³-hybridized carbons (Fsp3) is 0.500. The first kappa shape index (κ1) is 13.3. The molecule has 0 unspecified atom stereocenters. The van der Waals surface area contributed by atoms with E-state index in [4.69, 9.17) is 0 Å². The van der Waals surface area contributed by atoms with Gasteiger partial charge in [0.2, 0.25) is 0 Å². The molecule has 1 fully saturated rings. The smallest absolute Gasteiger partial charge is 0.0969 e. The molecule has 0 bridgehead atoms. The van der Waals surface area contributed by atoms with Gasteiger partial charge in [-0.25, -0.2) is 0 Å². The standard InChI is InChI=1S/C16H22N4/c1-15(2)14(16(15,3)4)17-10-12-11-18-20(19-12)13-8-6-5-7-9-13/h5-9,11,14,17H,10H2,1-4H3. The van der Waals surface area contributed by atoms with Gasteiger partial charge < -0.3 is 5.32 Å². The average Bonchev–Trinajstić information content (AvgIpc) is 2.76. The molecular formula is C16H22N4. The van der Waals surface area contributed by atoms with Gasteiger partial charge in [0.25, 0.3) is 0 Å². The van der Waals surface area contributed by atoms with E-state index in [9.17, 15) is 0 Å². The summed E-state index contributed by atoms with van der Waals surface area (Å²) in [6, 6.07) is 10.5. The van der Waals surface area contributed by atoms with Crippen molar-refractivity contribution in [2.45, 2.75) is 40.3 Å². The number of rotatable bonds is 4. The monoisotopic (exact) mass is 270 g/mol. The van der Waals surface area contributed by atoms with Crippen molar-refractivity contribution < 1.29 is 0 Å². The maximum atomic E-state index is 4.52. The van der Waals surface area contributed by atoms with E-state index < -0.39 is 0 Å². The summed E-state index contributed by atoms with van der Waals surface area (Å²) < 4.78 is 0. The second kappa shape index (κ2) is 4.42. The predicted octanol–water partition coefficient (Wildman–Crippen LogP) is 2.79. The van der Waals surface area contributed by atoms with Crippen molar-refractivity contribution in [1.29, 1.82) is 0 Å². The zero-order valence-corrected chi connectivity index (χ0v) is 12.6. The van der Waals surface area contributed by atoms with Crippen molar-refractivity contribution in [3.05, 3.63) is 42.2 Å². The summed E-state index contributed by atoms with van der Waals surface area (Å²) in [6.45, 7) is 10.0. The van der Waals surface area contributed by atoms with Crippen LogP contribution in [0.5, 0.6) is 0 Å². The van der Waals surface area contributed by atoms with Crippen LogP contribution in [0.4, 0.5) is 0 Å². The van der Waals surface area contributed by atoms with Crippen molar-refractivity contribution >= 4 is 0 Å². The number of hydrogen-bond acceptors (Lipinski definition) is 3. The van der Waals surface area contributed by atoms with Crippen molar-refractivity contribution in [3.63, 3.8) is 0 Å². The molecule has 1 N–H and O–H groups in total. The van der Waals surface area contributed by atoms with Crippen LogP contribution in [0.3, 0.4) is 0 Å². The maximum absolute atomic E-state index is 4.52. The molecule has 0 amide bonds. The Labute approximate surface area is 120 Å². The fourth-order valence-electron chi connectivity index (χ4n) is 2.97. The predicted molar refractivity (Wildman–Crippen MR) is 79.5 cm³/mol. The highest BCUT2D eigenvalue weighted by atomic mass is 15.5. The minimum atomic E-state index is 0.350. The third-order valence-corrected chi connectivity index (χ3v) is 5.03. The number of benzene rings is 1. The van der Waals surface area contributed by atoms with E-state index >= 15 is 0 Å². The number of aromatic nitrogens is 3. The Bertz CT molecular complexity index is 584. The first-order valence-electron chi connectivity index (χ1n) is 7.13. The van der Waals surface area contributed by atoms with Gasteiger partial charge in [0.1, 0.15) is 0 Å². The van der Waals surface area contributed by atoms with Gasteiger partial charge in [0.05, 0.1) is 17.6 Å². The molecule has 0 atom stereocenters. The fourth-order valence-corrected chi connectivity index (χ4v) is 2.97. The normalized spacial score (nSPS) is 20.0. The molecule has 1 aliphatic rings. The minimum Gasteiger partial charge on any atom is -0.307 e. The van der Waals surface area contributed by atoms with Crippen LogP contribution in [0.1, 0.15) is 33.4 Å². The Balaban J connectivity index is 1.65. The summed E-state index contributed by atoms with van der Waals surface area (Å²) in [7, 11) is 0. The van der Waals surface area contributed by atoms with Crippen molar-refractivity contribution in [2.75, 3.05) is 0 Å². The van der Waals surface area contributed by atoms with Gasteiger partial charge >= 0.3 is 0 Å². The molecule has 20 heavy (non-hydrogen) atoms. The number of para-hydroxylation sites is 1. The molecule has 1 aromatic heterocycles.